The lowest BCUT2D eigenvalue weighted by Gasteiger charge is -2.19. The summed E-state index contributed by atoms with van der Waals surface area (Å²) < 4.78 is 16.5. The van der Waals surface area contributed by atoms with Crippen LogP contribution in [0.4, 0.5) is 21.6 Å². The van der Waals surface area contributed by atoms with Crippen LogP contribution in [0.15, 0.2) is 77.7 Å². The van der Waals surface area contributed by atoms with Gasteiger partial charge in [0.2, 0.25) is 0 Å². The second kappa shape index (κ2) is 10.4. The van der Waals surface area contributed by atoms with Gasteiger partial charge >= 0.3 is 0 Å². The van der Waals surface area contributed by atoms with E-state index in [0.29, 0.717) is 28.8 Å². The molecule has 3 N–H and O–H groups in total. The second-order valence-electron chi connectivity index (χ2n) is 10.0. The number of aromatic nitrogens is 4. The smallest absolute Gasteiger partial charge is 0.287 e. The SMILES string of the molecule is CN1CCCC1c1ccc(Nc2cc(-c3ccc(F)c(NC(=O)c4cc5ccccc5n4C)c3)n[nH]c2=O)nc1. The van der Waals surface area contributed by atoms with Crippen molar-refractivity contribution in [2.45, 2.75) is 18.9 Å². The van der Waals surface area contributed by atoms with E-state index in [2.05, 4.69) is 37.8 Å². The zero-order valence-electron chi connectivity index (χ0n) is 22.1. The third-order valence-electron chi connectivity index (χ3n) is 7.45. The normalized spacial score (nSPS) is 15.4. The average Bonchev–Trinajstić information content (AvgIpc) is 3.54. The van der Waals surface area contributed by atoms with Gasteiger partial charge in [0, 0.05) is 35.8 Å². The predicted octanol–water partition coefficient (Wildman–Crippen LogP) is 5.23. The molecule has 10 heteroatoms. The fraction of sp³-hybridized carbons (Fsp3) is 0.200. The number of halogens is 1. The zero-order valence-corrected chi connectivity index (χ0v) is 22.1. The molecule has 1 unspecified atom stereocenters. The molecule has 1 saturated heterocycles. The highest BCUT2D eigenvalue weighted by molar-refractivity contribution is 6.06. The van der Waals surface area contributed by atoms with Gasteiger partial charge in [-0.2, -0.15) is 5.10 Å². The molecule has 1 atom stereocenters. The molecule has 0 spiro atoms. The summed E-state index contributed by atoms with van der Waals surface area (Å²) in [5.74, 6) is -0.505. The molecule has 5 aromatic rings. The van der Waals surface area contributed by atoms with Gasteiger partial charge in [-0.15, -0.1) is 0 Å². The van der Waals surface area contributed by atoms with Crippen molar-refractivity contribution in [3.8, 4) is 11.3 Å². The monoisotopic (exact) mass is 537 g/mol. The number of H-pyrrole nitrogens is 1. The standard InChI is InChI=1S/C30H28FN7O2/c1-37-13-5-8-25(37)20-10-12-28(32-17-20)33-24-16-22(35-36-29(24)39)18-9-11-21(31)23(14-18)34-30(40)27-15-19-6-3-4-7-26(19)38(27)2/h3-4,6-7,9-12,14-17,25H,5,8,13H2,1-2H3,(H,34,40)(H,36,39)(H,32,33,35). The maximum absolute atomic E-state index is 14.7. The lowest BCUT2D eigenvalue weighted by molar-refractivity contribution is 0.101. The van der Waals surface area contributed by atoms with Crippen molar-refractivity contribution in [2.24, 2.45) is 7.05 Å². The molecule has 6 rings (SSSR count). The summed E-state index contributed by atoms with van der Waals surface area (Å²) in [7, 11) is 3.90. The van der Waals surface area contributed by atoms with Gasteiger partial charge in [-0.1, -0.05) is 24.3 Å². The summed E-state index contributed by atoms with van der Waals surface area (Å²) in [6, 6.07) is 19.5. The number of rotatable bonds is 6. The Bertz CT molecular complexity index is 1780. The molecule has 0 radical (unpaired) electrons. The van der Waals surface area contributed by atoms with Gasteiger partial charge in [-0.05, 0) is 74.5 Å². The Labute approximate surface area is 229 Å². The summed E-state index contributed by atoms with van der Waals surface area (Å²) >= 11 is 0. The second-order valence-corrected chi connectivity index (χ2v) is 10.0. The molecule has 1 aliphatic heterocycles. The van der Waals surface area contributed by atoms with Crippen molar-refractivity contribution in [1.29, 1.82) is 0 Å². The fourth-order valence-corrected chi connectivity index (χ4v) is 5.27. The molecular weight excluding hydrogens is 509 g/mol. The van der Waals surface area contributed by atoms with E-state index in [-0.39, 0.29) is 11.4 Å². The molecule has 0 bridgehead atoms. The highest BCUT2D eigenvalue weighted by Crippen LogP contribution is 2.31. The van der Waals surface area contributed by atoms with Gasteiger partial charge in [0.25, 0.3) is 11.5 Å². The molecule has 40 heavy (non-hydrogen) atoms. The highest BCUT2D eigenvalue weighted by atomic mass is 19.1. The van der Waals surface area contributed by atoms with Crippen LogP contribution in [0.1, 0.15) is 34.9 Å². The Balaban J connectivity index is 1.23. The van der Waals surface area contributed by atoms with Crippen LogP contribution in [0.3, 0.4) is 0 Å². The summed E-state index contributed by atoms with van der Waals surface area (Å²) in [5, 5.41) is 13.3. The number of amides is 1. The predicted molar refractivity (Wildman–Crippen MR) is 153 cm³/mol. The van der Waals surface area contributed by atoms with Gasteiger partial charge < -0.3 is 15.2 Å². The van der Waals surface area contributed by atoms with E-state index in [1.54, 1.807) is 23.7 Å². The number of carbonyl (C=O) groups excluding carboxylic acids is 1. The number of hydrogen-bond acceptors (Lipinski definition) is 6. The van der Waals surface area contributed by atoms with Crippen molar-refractivity contribution < 1.29 is 9.18 Å². The lowest BCUT2D eigenvalue weighted by atomic mass is 10.1. The number of likely N-dealkylation sites (tertiary alicyclic amines) is 1. The Kier molecular flexibility index (Phi) is 6.61. The summed E-state index contributed by atoms with van der Waals surface area (Å²) in [4.78, 5) is 32.4. The first-order valence-corrected chi connectivity index (χ1v) is 13.1. The van der Waals surface area contributed by atoms with Gasteiger partial charge in [-0.3, -0.25) is 14.5 Å². The van der Waals surface area contributed by atoms with E-state index in [0.717, 1.165) is 35.9 Å². The number of benzene rings is 2. The number of aromatic amines is 1. The van der Waals surface area contributed by atoms with Crippen LogP contribution in [-0.2, 0) is 7.05 Å². The van der Waals surface area contributed by atoms with E-state index in [1.807, 2.05) is 42.6 Å². The Morgan fingerprint density at radius 3 is 2.65 bits per heavy atom. The molecule has 0 aliphatic carbocycles. The van der Waals surface area contributed by atoms with Crippen molar-refractivity contribution in [1.82, 2.24) is 24.6 Å². The van der Waals surface area contributed by atoms with E-state index < -0.39 is 17.3 Å². The van der Waals surface area contributed by atoms with Crippen LogP contribution in [0, 0.1) is 5.82 Å². The first-order valence-electron chi connectivity index (χ1n) is 13.1. The number of para-hydroxylation sites is 1. The lowest BCUT2D eigenvalue weighted by Crippen LogP contribution is -2.18. The molecule has 1 amide bonds. The quantitative estimate of drug-likeness (QED) is 0.274. The molecule has 202 valence electrons. The van der Waals surface area contributed by atoms with Crippen LogP contribution < -0.4 is 16.2 Å². The number of nitrogens with one attached hydrogen (secondary N) is 3. The Hall–Kier alpha value is -4.83. The number of aryl methyl sites for hydroxylation is 1. The molecule has 1 aliphatic rings. The van der Waals surface area contributed by atoms with Crippen LogP contribution in [0.5, 0.6) is 0 Å². The molecule has 9 nitrogen and oxygen atoms in total. The maximum atomic E-state index is 14.7. The maximum Gasteiger partial charge on any atom is 0.287 e. The minimum Gasteiger partial charge on any atom is -0.340 e. The topological polar surface area (TPSA) is 108 Å². The number of carbonyl (C=O) groups is 1. The summed E-state index contributed by atoms with van der Waals surface area (Å²) in [6.07, 6.45) is 4.09. The number of fused-ring (bicyclic) bond motifs is 1. The third kappa shape index (κ3) is 4.85. The van der Waals surface area contributed by atoms with Gasteiger partial charge in [0.05, 0.1) is 11.4 Å². The molecule has 2 aromatic carbocycles. The van der Waals surface area contributed by atoms with Crippen LogP contribution in [0.25, 0.3) is 22.2 Å². The van der Waals surface area contributed by atoms with Gasteiger partial charge in [0.15, 0.2) is 0 Å². The molecule has 4 heterocycles. The van der Waals surface area contributed by atoms with Gasteiger partial charge in [0.1, 0.15) is 23.0 Å². The van der Waals surface area contributed by atoms with E-state index in [9.17, 15) is 14.0 Å². The molecule has 3 aromatic heterocycles. The third-order valence-corrected chi connectivity index (χ3v) is 7.45. The van der Waals surface area contributed by atoms with Crippen LogP contribution in [-0.4, -0.2) is 44.1 Å². The van der Waals surface area contributed by atoms with Crippen molar-refractivity contribution in [3.63, 3.8) is 0 Å². The molecular formula is C30H28FN7O2. The molecule has 0 saturated carbocycles. The zero-order chi connectivity index (χ0) is 27.8. The van der Waals surface area contributed by atoms with Crippen molar-refractivity contribution in [2.75, 3.05) is 24.2 Å². The number of anilines is 3. The van der Waals surface area contributed by atoms with E-state index >= 15 is 0 Å². The van der Waals surface area contributed by atoms with Crippen molar-refractivity contribution in [3.05, 3.63) is 100 Å². The minimum absolute atomic E-state index is 0.00408. The summed E-state index contributed by atoms with van der Waals surface area (Å²) in [5.41, 5.74) is 3.17. The van der Waals surface area contributed by atoms with E-state index in [4.69, 9.17) is 0 Å². The largest absolute Gasteiger partial charge is 0.340 e. The first kappa shape index (κ1) is 25.4. The first-order chi connectivity index (χ1) is 19.4. The van der Waals surface area contributed by atoms with Gasteiger partial charge in [-0.25, -0.2) is 14.5 Å². The highest BCUT2D eigenvalue weighted by Gasteiger charge is 2.22. The molecule has 1 fully saturated rings. The number of nitrogens with zero attached hydrogens (tertiary/aromatic N) is 4. The van der Waals surface area contributed by atoms with Crippen LogP contribution >= 0.6 is 0 Å². The number of pyridine rings is 1. The summed E-state index contributed by atoms with van der Waals surface area (Å²) in [6.45, 7) is 1.07. The average molecular weight is 538 g/mol. The van der Waals surface area contributed by atoms with Crippen molar-refractivity contribution >= 4 is 34.0 Å². The van der Waals surface area contributed by atoms with Crippen LogP contribution in [0.2, 0.25) is 0 Å². The fourth-order valence-electron chi connectivity index (χ4n) is 5.27. The Morgan fingerprint density at radius 1 is 1.05 bits per heavy atom. The minimum atomic E-state index is -0.587. The Morgan fingerprint density at radius 2 is 1.90 bits per heavy atom. The number of hydrogen-bond donors (Lipinski definition) is 3. The van der Waals surface area contributed by atoms with E-state index in [1.165, 1.54) is 18.2 Å².